The van der Waals surface area contributed by atoms with Gasteiger partial charge in [0.2, 0.25) is 0 Å². The zero-order valence-corrected chi connectivity index (χ0v) is 4.94. The van der Waals surface area contributed by atoms with Gasteiger partial charge in [0, 0.05) is 5.70 Å². The van der Waals surface area contributed by atoms with Crippen LogP contribution in [0, 0.1) is 0 Å². The highest BCUT2D eigenvalue weighted by Gasteiger charge is 1.93. The Balaban J connectivity index is 2.69. The Labute approximate surface area is 49.1 Å². The topological polar surface area (TPSA) is 38.0 Å². The van der Waals surface area contributed by atoms with E-state index in [0.717, 1.165) is 12.2 Å². The van der Waals surface area contributed by atoms with E-state index >= 15 is 0 Å². The standard InChI is InChI=1S/C6H10N2/c1-5-2-6(7)4-8-3-5/h2-3,8H,4,7H2,1H3. The van der Waals surface area contributed by atoms with Gasteiger partial charge in [0.25, 0.3) is 0 Å². The summed E-state index contributed by atoms with van der Waals surface area (Å²) in [7, 11) is 0. The van der Waals surface area contributed by atoms with E-state index < -0.39 is 0 Å². The highest BCUT2D eigenvalue weighted by molar-refractivity contribution is 5.23. The second-order valence-electron chi connectivity index (χ2n) is 1.99. The zero-order chi connectivity index (χ0) is 5.98. The molecular weight excluding hydrogens is 100 g/mol. The molecule has 0 aromatic carbocycles. The van der Waals surface area contributed by atoms with Crippen LogP contribution in [0.15, 0.2) is 23.5 Å². The quantitative estimate of drug-likeness (QED) is 0.471. The third kappa shape index (κ3) is 1.03. The summed E-state index contributed by atoms with van der Waals surface area (Å²) in [5.41, 5.74) is 7.58. The van der Waals surface area contributed by atoms with Crippen LogP contribution in [0.3, 0.4) is 0 Å². The van der Waals surface area contributed by atoms with E-state index in [9.17, 15) is 0 Å². The molecule has 0 unspecified atom stereocenters. The lowest BCUT2D eigenvalue weighted by Gasteiger charge is -2.07. The highest BCUT2D eigenvalue weighted by Crippen LogP contribution is 1.99. The molecule has 3 N–H and O–H groups in total. The predicted octanol–water partition coefficient (Wildman–Crippen LogP) is 0.336. The Kier molecular flexibility index (Phi) is 1.24. The van der Waals surface area contributed by atoms with Crippen LogP contribution in [0.4, 0.5) is 0 Å². The van der Waals surface area contributed by atoms with Gasteiger partial charge in [-0.3, -0.25) is 0 Å². The molecule has 2 nitrogen and oxygen atoms in total. The van der Waals surface area contributed by atoms with Gasteiger partial charge in [-0.1, -0.05) is 0 Å². The summed E-state index contributed by atoms with van der Waals surface area (Å²) in [5.74, 6) is 0. The second kappa shape index (κ2) is 1.90. The maximum atomic E-state index is 5.48. The molecule has 0 amide bonds. The smallest absolute Gasteiger partial charge is 0.0540 e. The Morgan fingerprint density at radius 1 is 1.75 bits per heavy atom. The average Bonchev–Trinajstić information content (AvgIpc) is 1.64. The number of nitrogens with two attached hydrogens (primary N) is 1. The normalized spacial score (nSPS) is 18.6. The third-order valence-electron chi connectivity index (χ3n) is 1.05. The summed E-state index contributed by atoms with van der Waals surface area (Å²) in [6.07, 6.45) is 3.92. The summed E-state index contributed by atoms with van der Waals surface area (Å²) >= 11 is 0. The van der Waals surface area contributed by atoms with Crippen molar-refractivity contribution in [2.24, 2.45) is 5.73 Å². The fraction of sp³-hybridized carbons (Fsp3) is 0.333. The molecule has 1 aliphatic heterocycles. The van der Waals surface area contributed by atoms with Crippen LogP contribution in [-0.2, 0) is 0 Å². The van der Waals surface area contributed by atoms with E-state index in [2.05, 4.69) is 5.32 Å². The maximum Gasteiger partial charge on any atom is 0.0540 e. The van der Waals surface area contributed by atoms with Crippen molar-refractivity contribution in [3.8, 4) is 0 Å². The van der Waals surface area contributed by atoms with Crippen molar-refractivity contribution in [2.45, 2.75) is 6.92 Å². The average molecular weight is 110 g/mol. The van der Waals surface area contributed by atoms with Crippen LogP contribution >= 0.6 is 0 Å². The Hall–Kier alpha value is -0.920. The van der Waals surface area contributed by atoms with E-state index in [-0.39, 0.29) is 0 Å². The van der Waals surface area contributed by atoms with E-state index in [1.807, 2.05) is 19.2 Å². The largest absolute Gasteiger partial charge is 0.401 e. The van der Waals surface area contributed by atoms with E-state index in [1.165, 1.54) is 5.57 Å². The molecule has 0 aromatic rings. The van der Waals surface area contributed by atoms with Crippen LogP contribution in [0.2, 0.25) is 0 Å². The summed E-state index contributed by atoms with van der Waals surface area (Å²) in [6.45, 7) is 2.80. The minimum atomic E-state index is 0.789. The van der Waals surface area contributed by atoms with Crippen molar-refractivity contribution in [3.05, 3.63) is 23.5 Å². The lowest BCUT2D eigenvalue weighted by molar-refractivity contribution is 0.893. The Morgan fingerprint density at radius 2 is 2.50 bits per heavy atom. The molecular formula is C6H10N2. The molecule has 0 radical (unpaired) electrons. The minimum Gasteiger partial charge on any atom is -0.401 e. The van der Waals surface area contributed by atoms with Gasteiger partial charge in [-0.2, -0.15) is 0 Å². The fourth-order valence-electron chi connectivity index (χ4n) is 0.715. The molecule has 0 aromatic heterocycles. The summed E-state index contributed by atoms with van der Waals surface area (Å²) < 4.78 is 0. The molecule has 44 valence electrons. The van der Waals surface area contributed by atoms with Gasteiger partial charge in [-0.15, -0.1) is 0 Å². The number of rotatable bonds is 0. The first-order valence-corrected chi connectivity index (χ1v) is 2.65. The molecule has 0 saturated carbocycles. The van der Waals surface area contributed by atoms with Gasteiger partial charge in [-0.25, -0.2) is 0 Å². The molecule has 0 bridgehead atoms. The number of allylic oxidation sites excluding steroid dienone is 2. The van der Waals surface area contributed by atoms with Gasteiger partial charge in [0.15, 0.2) is 0 Å². The van der Waals surface area contributed by atoms with E-state index in [0.29, 0.717) is 0 Å². The molecule has 8 heavy (non-hydrogen) atoms. The number of dihydropyridines is 1. The lowest BCUT2D eigenvalue weighted by atomic mass is 10.2. The summed E-state index contributed by atoms with van der Waals surface area (Å²) in [4.78, 5) is 0. The van der Waals surface area contributed by atoms with Crippen molar-refractivity contribution >= 4 is 0 Å². The SMILES string of the molecule is CC1=CNCC(N)=C1. The molecule has 0 atom stereocenters. The molecule has 0 saturated heterocycles. The minimum absolute atomic E-state index is 0.789. The molecule has 1 heterocycles. The second-order valence-corrected chi connectivity index (χ2v) is 1.99. The van der Waals surface area contributed by atoms with Crippen LogP contribution in [0.25, 0.3) is 0 Å². The van der Waals surface area contributed by atoms with Crippen LogP contribution in [0.5, 0.6) is 0 Å². The first-order valence-electron chi connectivity index (χ1n) is 2.65. The van der Waals surface area contributed by atoms with E-state index in [1.54, 1.807) is 0 Å². The first-order chi connectivity index (χ1) is 3.79. The fourth-order valence-corrected chi connectivity index (χ4v) is 0.715. The summed E-state index contributed by atoms with van der Waals surface area (Å²) in [6, 6.07) is 0. The maximum absolute atomic E-state index is 5.48. The monoisotopic (exact) mass is 110 g/mol. The zero-order valence-electron chi connectivity index (χ0n) is 4.94. The van der Waals surface area contributed by atoms with Crippen molar-refractivity contribution in [1.29, 1.82) is 0 Å². The number of hydrogen-bond donors (Lipinski definition) is 2. The molecule has 1 rings (SSSR count). The van der Waals surface area contributed by atoms with E-state index in [4.69, 9.17) is 5.73 Å². The van der Waals surface area contributed by atoms with Crippen molar-refractivity contribution in [3.63, 3.8) is 0 Å². The van der Waals surface area contributed by atoms with Gasteiger partial charge >= 0.3 is 0 Å². The van der Waals surface area contributed by atoms with Gasteiger partial charge < -0.3 is 11.1 Å². The van der Waals surface area contributed by atoms with Gasteiger partial charge in [0.05, 0.1) is 6.54 Å². The van der Waals surface area contributed by atoms with Crippen LogP contribution < -0.4 is 11.1 Å². The number of nitrogens with one attached hydrogen (secondary N) is 1. The molecule has 0 spiro atoms. The highest BCUT2D eigenvalue weighted by atomic mass is 14.9. The predicted molar refractivity (Wildman–Crippen MR) is 34.0 cm³/mol. The summed E-state index contributed by atoms with van der Waals surface area (Å²) in [5, 5.41) is 3.03. The van der Waals surface area contributed by atoms with Crippen LogP contribution in [0.1, 0.15) is 6.92 Å². The Morgan fingerprint density at radius 3 is 2.88 bits per heavy atom. The van der Waals surface area contributed by atoms with Gasteiger partial charge in [0.1, 0.15) is 0 Å². The third-order valence-corrected chi connectivity index (χ3v) is 1.05. The van der Waals surface area contributed by atoms with Crippen molar-refractivity contribution < 1.29 is 0 Å². The lowest BCUT2D eigenvalue weighted by Crippen LogP contribution is -2.19. The number of hydrogen-bond acceptors (Lipinski definition) is 2. The molecule has 0 aliphatic carbocycles. The van der Waals surface area contributed by atoms with Gasteiger partial charge in [-0.05, 0) is 24.8 Å². The molecule has 2 heteroatoms. The van der Waals surface area contributed by atoms with Crippen molar-refractivity contribution in [1.82, 2.24) is 5.32 Å². The van der Waals surface area contributed by atoms with Crippen LogP contribution in [-0.4, -0.2) is 6.54 Å². The molecule has 0 fully saturated rings. The van der Waals surface area contributed by atoms with Crippen molar-refractivity contribution in [2.75, 3.05) is 6.54 Å². The Bertz CT molecular complexity index is 145. The first kappa shape index (κ1) is 5.22. The molecule has 1 aliphatic rings.